The summed E-state index contributed by atoms with van der Waals surface area (Å²) < 4.78 is 0. The van der Waals surface area contributed by atoms with Crippen molar-refractivity contribution in [3.63, 3.8) is 0 Å². The Morgan fingerprint density at radius 1 is 1.50 bits per heavy atom. The average Bonchev–Trinajstić information content (AvgIpc) is 2.22. The topological polar surface area (TPSA) is 16.1 Å². The maximum Gasteiger partial charge on any atom is 0.131 e. The van der Waals surface area contributed by atoms with Gasteiger partial charge in [0.1, 0.15) is 5.82 Å². The Labute approximate surface area is 106 Å². The summed E-state index contributed by atoms with van der Waals surface area (Å²) in [5.74, 6) is 1.19. The Bertz CT molecular complexity index is 336. The van der Waals surface area contributed by atoms with Gasteiger partial charge in [-0.3, -0.25) is 0 Å². The van der Waals surface area contributed by atoms with Crippen LogP contribution in [-0.2, 0) is 0 Å². The number of anilines is 1. The van der Waals surface area contributed by atoms with Crippen molar-refractivity contribution in [2.75, 3.05) is 16.8 Å². The first-order chi connectivity index (χ1) is 7.83. The van der Waals surface area contributed by atoms with E-state index in [1.807, 2.05) is 12.3 Å². The maximum atomic E-state index is 4.55. The molecule has 1 saturated carbocycles. The Morgan fingerprint density at radius 3 is 2.88 bits per heavy atom. The zero-order valence-electron chi connectivity index (χ0n) is 9.82. The summed E-state index contributed by atoms with van der Waals surface area (Å²) in [5.41, 5.74) is 1.30. The van der Waals surface area contributed by atoms with Crippen molar-refractivity contribution < 1.29 is 0 Å². The monoisotopic (exact) mass is 282 g/mol. The molecule has 0 atom stereocenters. The maximum absolute atomic E-state index is 4.55. The molecule has 0 aliphatic heterocycles. The number of rotatable bonds is 5. The van der Waals surface area contributed by atoms with E-state index in [-0.39, 0.29) is 0 Å². The second-order valence-corrected chi connectivity index (χ2v) is 5.26. The van der Waals surface area contributed by atoms with Crippen LogP contribution < -0.4 is 4.90 Å². The molecule has 0 amide bonds. The molecule has 1 heterocycles. The van der Waals surface area contributed by atoms with Crippen LogP contribution in [0.3, 0.4) is 0 Å². The van der Waals surface area contributed by atoms with Gasteiger partial charge in [-0.1, -0.05) is 22.0 Å². The van der Waals surface area contributed by atoms with Crippen LogP contribution in [0.15, 0.2) is 18.3 Å². The molecule has 0 unspecified atom stereocenters. The number of pyridine rings is 1. The third kappa shape index (κ3) is 2.57. The van der Waals surface area contributed by atoms with Crippen molar-refractivity contribution in [2.24, 2.45) is 0 Å². The van der Waals surface area contributed by atoms with Gasteiger partial charge in [0.25, 0.3) is 0 Å². The molecule has 16 heavy (non-hydrogen) atoms. The number of nitrogens with zero attached hydrogens (tertiary/aromatic N) is 2. The zero-order valence-corrected chi connectivity index (χ0v) is 11.4. The molecule has 88 valence electrons. The summed E-state index contributed by atoms with van der Waals surface area (Å²) in [4.78, 5) is 7.05. The minimum Gasteiger partial charge on any atom is -0.353 e. The lowest BCUT2D eigenvalue weighted by Crippen LogP contribution is -2.41. The quantitative estimate of drug-likeness (QED) is 0.768. The fourth-order valence-corrected chi connectivity index (χ4v) is 2.42. The highest BCUT2D eigenvalue weighted by Gasteiger charge is 2.26. The molecule has 0 aromatic carbocycles. The van der Waals surface area contributed by atoms with Crippen molar-refractivity contribution in [2.45, 2.75) is 38.6 Å². The molecule has 0 saturated heterocycles. The molecule has 0 spiro atoms. The highest BCUT2D eigenvalue weighted by Crippen LogP contribution is 2.30. The summed E-state index contributed by atoms with van der Waals surface area (Å²) in [5, 5.41) is 1.07. The summed E-state index contributed by atoms with van der Waals surface area (Å²) in [7, 11) is 0. The van der Waals surface area contributed by atoms with E-state index in [1.165, 1.54) is 37.1 Å². The lowest BCUT2D eigenvalue weighted by Gasteiger charge is -2.39. The molecule has 0 N–H and O–H groups in total. The average molecular weight is 283 g/mol. The van der Waals surface area contributed by atoms with Gasteiger partial charge in [-0.15, -0.1) is 0 Å². The molecule has 1 aromatic rings. The van der Waals surface area contributed by atoms with Crippen LogP contribution >= 0.6 is 15.9 Å². The molecule has 2 nitrogen and oxygen atoms in total. The van der Waals surface area contributed by atoms with Crippen LogP contribution in [0.5, 0.6) is 0 Å². The predicted octanol–water partition coefficient (Wildman–Crippen LogP) is 3.53. The van der Waals surface area contributed by atoms with E-state index >= 15 is 0 Å². The van der Waals surface area contributed by atoms with Crippen LogP contribution in [0.25, 0.3) is 0 Å². The van der Waals surface area contributed by atoms with Gasteiger partial charge in [0.05, 0.1) is 0 Å². The zero-order chi connectivity index (χ0) is 11.4. The fourth-order valence-electron chi connectivity index (χ4n) is 2.17. The second kappa shape index (κ2) is 5.67. The molecular weight excluding hydrogens is 264 g/mol. The molecule has 2 rings (SSSR count). The van der Waals surface area contributed by atoms with E-state index < -0.39 is 0 Å². The van der Waals surface area contributed by atoms with Crippen LogP contribution in [0, 0.1) is 6.92 Å². The van der Waals surface area contributed by atoms with Gasteiger partial charge >= 0.3 is 0 Å². The standard InChI is InChI=1S/C13H19BrN2/c1-11-5-3-9-15-13(11)16(10-4-8-14)12-6-2-7-12/h3,5,9,12H,2,4,6-8,10H2,1H3. The van der Waals surface area contributed by atoms with Crippen LogP contribution in [0.2, 0.25) is 0 Å². The van der Waals surface area contributed by atoms with Gasteiger partial charge in [-0.25, -0.2) is 4.98 Å². The first-order valence-electron chi connectivity index (χ1n) is 6.07. The van der Waals surface area contributed by atoms with Crippen molar-refractivity contribution >= 4 is 21.7 Å². The smallest absolute Gasteiger partial charge is 0.131 e. The highest BCUT2D eigenvalue weighted by molar-refractivity contribution is 9.09. The normalized spacial score (nSPS) is 15.9. The molecule has 1 aromatic heterocycles. The molecule has 0 bridgehead atoms. The Balaban J connectivity index is 2.13. The van der Waals surface area contributed by atoms with E-state index in [9.17, 15) is 0 Å². The van der Waals surface area contributed by atoms with Gasteiger partial charge in [-0.05, 0) is 44.2 Å². The Hall–Kier alpha value is -0.570. The van der Waals surface area contributed by atoms with Crippen molar-refractivity contribution in [3.8, 4) is 0 Å². The van der Waals surface area contributed by atoms with E-state index in [1.54, 1.807) is 0 Å². The Kier molecular flexibility index (Phi) is 4.22. The second-order valence-electron chi connectivity index (χ2n) is 4.46. The van der Waals surface area contributed by atoms with Crippen molar-refractivity contribution in [1.82, 2.24) is 4.98 Å². The first kappa shape index (κ1) is 11.9. The van der Waals surface area contributed by atoms with Gasteiger partial charge < -0.3 is 4.90 Å². The van der Waals surface area contributed by atoms with E-state index in [0.717, 1.165) is 17.9 Å². The number of hydrogen-bond acceptors (Lipinski definition) is 2. The number of halogens is 1. The molecule has 0 radical (unpaired) electrons. The fraction of sp³-hybridized carbons (Fsp3) is 0.615. The number of hydrogen-bond donors (Lipinski definition) is 0. The highest BCUT2D eigenvalue weighted by atomic mass is 79.9. The number of aromatic nitrogens is 1. The van der Waals surface area contributed by atoms with Crippen molar-refractivity contribution in [1.29, 1.82) is 0 Å². The SMILES string of the molecule is Cc1cccnc1N(CCCBr)C1CCC1. The van der Waals surface area contributed by atoms with Crippen molar-refractivity contribution in [3.05, 3.63) is 23.9 Å². The summed E-state index contributed by atoms with van der Waals surface area (Å²) in [6.45, 7) is 3.27. The van der Waals surface area contributed by atoms with Gasteiger partial charge in [0.2, 0.25) is 0 Å². The number of aryl methyl sites for hydroxylation is 1. The summed E-state index contributed by atoms with van der Waals surface area (Å²) >= 11 is 3.51. The number of alkyl halides is 1. The van der Waals surface area contributed by atoms with Gasteiger partial charge in [0.15, 0.2) is 0 Å². The third-order valence-corrected chi connectivity index (χ3v) is 3.86. The predicted molar refractivity (Wildman–Crippen MR) is 72.4 cm³/mol. The van der Waals surface area contributed by atoms with E-state index in [2.05, 4.69) is 38.8 Å². The minimum absolute atomic E-state index is 0.729. The summed E-state index contributed by atoms with van der Waals surface area (Å²) in [6.07, 6.45) is 7.13. The lowest BCUT2D eigenvalue weighted by molar-refractivity contribution is 0.384. The van der Waals surface area contributed by atoms with Crippen LogP contribution in [-0.4, -0.2) is 22.9 Å². The molecular formula is C13H19BrN2. The van der Waals surface area contributed by atoms with Crippen LogP contribution in [0.1, 0.15) is 31.2 Å². The first-order valence-corrected chi connectivity index (χ1v) is 7.19. The third-order valence-electron chi connectivity index (χ3n) is 3.30. The summed E-state index contributed by atoms with van der Waals surface area (Å²) in [6, 6.07) is 4.90. The van der Waals surface area contributed by atoms with Crippen LogP contribution in [0.4, 0.5) is 5.82 Å². The lowest BCUT2D eigenvalue weighted by atomic mass is 9.91. The molecule has 1 fully saturated rings. The molecule has 3 heteroatoms. The molecule has 1 aliphatic rings. The largest absolute Gasteiger partial charge is 0.353 e. The minimum atomic E-state index is 0.729. The van der Waals surface area contributed by atoms with E-state index in [4.69, 9.17) is 0 Å². The van der Waals surface area contributed by atoms with Gasteiger partial charge in [0, 0.05) is 24.1 Å². The molecule has 1 aliphatic carbocycles. The van der Waals surface area contributed by atoms with Gasteiger partial charge in [-0.2, -0.15) is 0 Å². The Morgan fingerprint density at radius 2 is 2.31 bits per heavy atom. The van der Waals surface area contributed by atoms with E-state index in [0.29, 0.717) is 0 Å².